The topological polar surface area (TPSA) is 13.0 Å². The van der Waals surface area contributed by atoms with Gasteiger partial charge < -0.3 is 19.6 Å². The number of hydrogen-bond donors (Lipinski definition) is 0. The van der Waals surface area contributed by atoms with Crippen LogP contribution in [0.1, 0.15) is 158 Å². The molecule has 16 rings (SSSR count). The van der Waals surface area contributed by atoms with Crippen molar-refractivity contribution < 1.29 is 0 Å². The molecule has 8 aromatic carbocycles. The lowest BCUT2D eigenvalue weighted by molar-refractivity contribution is 0.590. The maximum Gasteiger partial charge on any atom is 0.252 e. The lowest BCUT2D eigenvalue weighted by Crippen LogP contribution is -2.73. The first-order valence-electron chi connectivity index (χ1n) is 30.2. The lowest BCUT2D eigenvalue weighted by atomic mass is 9.25. The highest BCUT2D eigenvalue weighted by Gasteiger charge is 2.58. The van der Waals surface area contributed by atoms with Crippen molar-refractivity contribution in [3.05, 3.63) is 143 Å². The summed E-state index contributed by atoms with van der Waals surface area (Å²) in [4.78, 5) is 11.4. The number of anilines is 10. The Balaban J connectivity index is 1.15. The van der Waals surface area contributed by atoms with Gasteiger partial charge in [-0.15, -0.1) is 0 Å². The Morgan fingerprint density at radius 1 is 0.275 bits per heavy atom. The summed E-state index contributed by atoms with van der Waals surface area (Å²) in [5.74, 6) is 0. The van der Waals surface area contributed by atoms with Gasteiger partial charge in [0.1, 0.15) is 0 Å². The van der Waals surface area contributed by atoms with Crippen molar-refractivity contribution in [2.75, 3.05) is 32.5 Å². The van der Waals surface area contributed by atoms with Crippen LogP contribution in [0.5, 0.6) is 0 Å². The largest absolute Gasteiger partial charge is 0.349 e. The third-order valence-electron chi connectivity index (χ3n) is 20.7. The predicted octanol–water partition coefficient (Wildman–Crippen LogP) is 11.1. The van der Waals surface area contributed by atoms with Crippen LogP contribution in [0.3, 0.4) is 0 Å². The molecule has 0 saturated heterocycles. The van der Waals surface area contributed by atoms with Gasteiger partial charge >= 0.3 is 0 Å². The zero-order valence-electron chi connectivity index (χ0n) is 50.9. The highest BCUT2D eigenvalue weighted by Crippen LogP contribution is 2.55. The molecule has 8 heterocycles. The predicted molar refractivity (Wildman–Crippen MR) is 352 cm³/mol. The van der Waals surface area contributed by atoms with Gasteiger partial charge in [-0.05, 0) is 157 Å². The highest BCUT2D eigenvalue weighted by atomic mass is 15.2. The molecule has 0 N–H and O–H groups in total. The maximum atomic E-state index is 2.88. The van der Waals surface area contributed by atoms with Crippen LogP contribution >= 0.6 is 0 Å². The minimum atomic E-state index is -0.0298. The Hall–Kier alpha value is -6.52. The van der Waals surface area contributed by atoms with Crippen LogP contribution in [0.15, 0.2) is 109 Å². The molecule has 0 aliphatic carbocycles. The minimum absolute atomic E-state index is 0.0235. The first-order chi connectivity index (χ1) is 37.5. The smallest absolute Gasteiger partial charge is 0.252 e. The second-order valence-electron chi connectivity index (χ2n) is 31.8. The number of rotatable bonds is 0. The summed E-state index contributed by atoms with van der Waals surface area (Å²) in [5.41, 5.74) is 37.0. The van der Waals surface area contributed by atoms with Crippen LogP contribution in [-0.4, -0.2) is 39.7 Å². The summed E-state index contributed by atoms with van der Waals surface area (Å²) in [5, 5.41) is 3.00. The monoisotopic (exact) mass is 1040 g/mol. The number of nitrogens with zero attached hydrogens (tertiary/aromatic N) is 4. The van der Waals surface area contributed by atoms with Gasteiger partial charge in [-0.1, -0.05) is 197 Å². The normalized spacial score (nSPS) is 16.6. The molecule has 0 atom stereocenters. The number of fused-ring (bicyclic) bond motifs is 18. The molecule has 8 aliphatic heterocycles. The Labute approximate surface area is 478 Å². The molecule has 80 heavy (non-hydrogen) atoms. The van der Waals surface area contributed by atoms with Crippen LogP contribution in [0, 0.1) is 0 Å². The number of hydrogen-bond acceptors (Lipinski definition) is 4. The minimum Gasteiger partial charge on any atom is -0.349 e. The van der Waals surface area contributed by atoms with Crippen LogP contribution in [-0.2, 0) is 32.5 Å². The SMILES string of the molecule is CC(C)(C)c1ccc2c(c1)B1c3cc(C(C)(C)C)ccc3N3c4ccc(C(C)(C)C)cc4B4CN5c6ccc(C(C)(C)C)cc6B6c7cc(C(C)(C)C)ccc7N7c8ccc(C(C)(C)C)cc8B8CN2c2c1c3c4c1c5c6c7c8c21. The fourth-order valence-corrected chi connectivity index (χ4v) is 16.3. The zero-order chi connectivity index (χ0) is 55.9. The van der Waals surface area contributed by atoms with Gasteiger partial charge in [-0.3, -0.25) is 0 Å². The fraction of sp³-hybridized carbons (Fsp3) is 0.361. The molecule has 0 spiro atoms. The van der Waals surface area contributed by atoms with Gasteiger partial charge in [-0.25, -0.2) is 0 Å². The average Bonchev–Trinajstić information content (AvgIpc) is 2.26. The van der Waals surface area contributed by atoms with E-state index < -0.39 is 0 Å². The third kappa shape index (κ3) is 6.19. The Kier molecular flexibility index (Phi) is 9.20. The van der Waals surface area contributed by atoms with Crippen LogP contribution in [0.4, 0.5) is 56.9 Å². The standard InChI is InChI=1S/C72H76B4N4/c1-67(2,3)39-21-27-53-45(31-39)73-37-77-51-25-19-41(69(7,8)9)33-47(51)76-50-36-44(72(16,17)18)24-30-56(50)80-54-28-22-40(68(4,5)6)32-46(54)74-38-78-52-26-20-42(70(10,11)12)34-48(52)75-49-35-43(71(13,14)15)23-29-55(49)79(53)65-59(73)57-58(64(78)61(65)75)60(74)66(80)62(76)63(57)77/h19-36H,37-38H2,1-18H3. The molecule has 0 aromatic heterocycles. The first kappa shape index (κ1) is 49.3. The van der Waals surface area contributed by atoms with E-state index >= 15 is 0 Å². The highest BCUT2D eigenvalue weighted by molar-refractivity contribution is 7.06. The second kappa shape index (κ2) is 14.9. The second-order valence-corrected chi connectivity index (χ2v) is 31.8. The van der Waals surface area contributed by atoms with E-state index in [9.17, 15) is 0 Å². The molecular weight excluding hydrogens is 964 g/mol. The van der Waals surface area contributed by atoms with E-state index in [0.717, 1.165) is 12.9 Å². The van der Waals surface area contributed by atoms with Crippen molar-refractivity contribution in [3.63, 3.8) is 0 Å². The Morgan fingerprint density at radius 2 is 0.512 bits per heavy atom. The van der Waals surface area contributed by atoms with Gasteiger partial charge in [0, 0.05) is 80.5 Å². The van der Waals surface area contributed by atoms with E-state index in [1.54, 1.807) is 10.9 Å². The molecular formula is C72H76B4N4. The molecule has 0 fully saturated rings. The molecule has 0 bridgehead atoms. The molecule has 8 aliphatic rings. The summed E-state index contributed by atoms with van der Waals surface area (Å²) in [7, 11) is 0. The Bertz CT molecular complexity index is 3930. The van der Waals surface area contributed by atoms with E-state index in [1.807, 2.05) is 0 Å². The first-order valence-corrected chi connectivity index (χ1v) is 30.2. The van der Waals surface area contributed by atoms with Crippen molar-refractivity contribution in [1.29, 1.82) is 0 Å². The molecule has 4 nitrogen and oxygen atoms in total. The summed E-state index contributed by atoms with van der Waals surface area (Å²) in [6, 6.07) is 45.9. The molecule has 396 valence electrons. The van der Waals surface area contributed by atoms with E-state index in [-0.39, 0.29) is 59.3 Å². The third-order valence-corrected chi connectivity index (χ3v) is 20.7. The molecule has 8 heteroatoms. The van der Waals surface area contributed by atoms with E-state index in [4.69, 9.17) is 0 Å². The molecule has 0 radical (unpaired) electrons. The number of benzene rings is 8. The van der Waals surface area contributed by atoms with Crippen LogP contribution in [0.25, 0.3) is 10.8 Å². The van der Waals surface area contributed by atoms with Gasteiger partial charge in [-0.2, -0.15) is 0 Å². The Morgan fingerprint density at radius 3 is 0.787 bits per heavy atom. The summed E-state index contributed by atoms with van der Waals surface area (Å²) in [6.07, 6.45) is 1.75. The lowest BCUT2D eigenvalue weighted by Gasteiger charge is -2.56. The molecule has 0 saturated carbocycles. The van der Waals surface area contributed by atoms with Crippen molar-refractivity contribution in [2.45, 2.75) is 157 Å². The van der Waals surface area contributed by atoms with Crippen molar-refractivity contribution in [3.8, 4) is 0 Å². The maximum absolute atomic E-state index is 2.88. The fourth-order valence-electron chi connectivity index (χ4n) is 16.3. The average molecular weight is 1040 g/mol. The van der Waals surface area contributed by atoms with Gasteiger partial charge in [0.05, 0.1) is 0 Å². The quantitative estimate of drug-likeness (QED) is 0.140. The van der Waals surface area contributed by atoms with E-state index in [1.165, 1.54) is 145 Å². The van der Waals surface area contributed by atoms with E-state index in [2.05, 4.69) is 253 Å². The van der Waals surface area contributed by atoms with E-state index in [0.29, 0.717) is 0 Å². The summed E-state index contributed by atoms with van der Waals surface area (Å²) < 4.78 is 0. The molecule has 8 aromatic rings. The van der Waals surface area contributed by atoms with Gasteiger partial charge in [0.25, 0.3) is 13.4 Å². The van der Waals surface area contributed by atoms with Crippen LogP contribution in [0.2, 0.25) is 0 Å². The zero-order valence-corrected chi connectivity index (χ0v) is 50.9. The van der Waals surface area contributed by atoms with Crippen molar-refractivity contribution in [2.24, 2.45) is 0 Å². The van der Waals surface area contributed by atoms with Gasteiger partial charge in [0.15, 0.2) is 0 Å². The van der Waals surface area contributed by atoms with Crippen molar-refractivity contribution in [1.82, 2.24) is 0 Å². The molecule has 0 amide bonds. The van der Waals surface area contributed by atoms with Crippen LogP contribution < -0.4 is 74.2 Å². The molecule has 0 unspecified atom stereocenters. The van der Waals surface area contributed by atoms with Crippen molar-refractivity contribution >= 4 is 149 Å². The van der Waals surface area contributed by atoms with Gasteiger partial charge in [0.2, 0.25) is 13.4 Å². The summed E-state index contributed by atoms with van der Waals surface area (Å²) in [6.45, 7) is 43.5. The summed E-state index contributed by atoms with van der Waals surface area (Å²) >= 11 is 0.